The predicted octanol–water partition coefficient (Wildman–Crippen LogP) is 12.9. The first-order valence-corrected chi connectivity index (χ1v) is 19.0. The Balaban J connectivity index is 1.01. The van der Waals surface area contributed by atoms with Crippen LogP contribution in [0.2, 0.25) is 0 Å². The van der Waals surface area contributed by atoms with Crippen molar-refractivity contribution in [3.8, 4) is 56.3 Å². The van der Waals surface area contributed by atoms with E-state index in [1.807, 2.05) is 0 Å². The highest BCUT2D eigenvalue weighted by molar-refractivity contribution is 5.91. The second kappa shape index (κ2) is 12.2. The maximum absolute atomic E-state index is 6.96. The van der Waals surface area contributed by atoms with Crippen molar-refractivity contribution in [3.05, 3.63) is 204 Å². The first-order chi connectivity index (χ1) is 26.8. The molecule has 1 spiro atoms. The molecule has 0 fully saturated rings. The first kappa shape index (κ1) is 31.0. The zero-order valence-corrected chi connectivity index (χ0v) is 29.7. The van der Waals surface area contributed by atoms with Crippen LogP contribution >= 0.6 is 0 Å². The summed E-state index contributed by atoms with van der Waals surface area (Å²) in [6, 6.07) is 59.0. The molecule has 3 nitrogen and oxygen atoms in total. The van der Waals surface area contributed by atoms with E-state index < -0.39 is 5.41 Å². The second-order valence-electron chi connectivity index (χ2n) is 14.7. The van der Waals surface area contributed by atoms with Crippen molar-refractivity contribution in [1.29, 1.82) is 0 Å². The van der Waals surface area contributed by atoms with E-state index in [0.717, 1.165) is 74.6 Å². The molecule has 0 N–H and O–H groups in total. The van der Waals surface area contributed by atoms with Crippen LogP contribution < -0.4 is 4.74 Å². The Labute approximate surface area is 315 Å². The number of hydrogen-bond donors (Lipinski definition) is 0. The fourth-order valence-electron chi connectivity index (χ4n) is 9.34. The SMILES string of the molecule is C1=CC(c2nc(-c3ccc(-c4cccc(-c5cccc6c5Oc5ccccc5C65c6ccccc6-c6ccccc65)c4)cc3)nc3ccccc23)CCC1. The largest absolute Gasteiger partial charge is 0.456 e. The Morgan fingerprint density at radius 1 is 0.519 bits per heavy atom. The van der Waals surface area contributed by atoms with Gasteiger partial charge in [0.05, 0.1) is 16.6 Å². The van der Waals surface area contributed by atoms with Gasteiger partial charge in [0.15, 0.2) is 5.82 Å². The van der Waals surface area contributed by atoms with Crippen molar-refractivity contribution in [2.45, 2.75) is 30.6 Å². The summed E-state index contributed by atoms with van der Waals surface area (Å²) < 4.78 is 6.96. The van der Waals surface area contributed by atoms with Crippen LogP contribution in [-0.4, -0.2) is 9.97 Å². The molecule has 0 saturated heterocycles. The van der Waals surface area contributed by atoms with Crippen molar-refractivity contribution in [2.24, 2.45) is 0 Å². The highest BCUT2D eigenvalue weighted by Crippen LogP contribution is 2.63. The maximum atomic E-state index is 6.96. The van der Waals surface area contributed by atoms with Crippen LogP contribution in [0.4, 0.5) is 0 Å². The molecule has 11 rings (SSSR count). The molecule has 0 radical (unpaired) electrons. The van der Waals surface area contributed by atoms with Gasteiger partial charge in [-0.15, -0.1) is 0 Å². The van der Waals surface area contributed by atoms with Gasteiger partial charge in [-0.1, -0.05) is 158 Å². The lowest BCUT2D eigenvalue weighted by atomic mass is 9.65. The van der Waals surface area contributed by atoms with Gasteiger partial charge in [-0.3, -0.25) is 0 Å². The molecule has 1 aliphatic heterocycles. The van der Waals surface area contributed by atoms with Gasteiger partial charge < -0.3 is 4.74 Å². The van der Waals surface area contributed by atoms with Crippen LogP contribution in [-0.2, 0) is 5.41 Å². The number of benzene rings is 7. The molecule has 2 aliphatic carbocycles. The van der Waals surface area contributed by atoms with Crippen molar-refractivity contribution < 1.29 is 4.74 Å². The third-order valence-electron chi connectivity index (χ3n) is 11.8. The summed E-state index contributed by atoms with van der Waals surface area (Å²) in [5.41, 5.74) is 14.6. The standard InChI is InChI=1S/C51H36N2O/c1-2-14-34(15-3-1)48-41-20-6-10-26-46(41)52-50(53-48)35-30-28-33(29-31-35)36-16-12-17-37(32-36)38-21-13-25-45-49(38)54-47-27-11-9-24-44(47)51(45)42-22-7-4-18-39(42)40-19-5-8-23-43(40)51/h2,4-14,16-32,34H,1,3,15H2. The molecule has 8 aromatic rings. The first-order valence-electron chi connectivity index (χ1n) is 19.0. The normalized spacial score (nSPS) is 16.0. The van der Waals surface area contributed by atoms with Crippen LogP contribution in [0.5, 0.6) is 11.5 Å². The molecule has 7 aromatic carbocycles. The van der Waals surface area contributed by atoms with E-state index in [1.54, 1.807) is 0 Å². The van der Waals surface area contributed by atoms with Gasteiger partial charge in [-0.2, -0.15) is 0 Å². The smallest absolute Gasteiger partial charge is 0.160 e. The molecule has 256 valence electrons. The minimum absolute atomic E-state index is 0.321. The number of ether oxygens (including phenoxy) is 1. The van der Waals surface area contributed by atoms with Gasteiger partial charge in [0, 0.05) is 33.6 Å². The van der Waals surface area contributed by atoms with Gasteiger partial charge in [-0.25, -0.2) is 9.97 Å². The lowest BCUT2D eigenvalue weighted by Gasteiger charge is -2.40. The van der Waals surface area contributed by atoms with Gasteiger partial charge in [0.2, 0.25) is 0 Å². The van der Waals surface area contributed by atoms with Crippen molar-refractivity contribution >= 4 is 10.9 Å². The van der Waals surface area contributed by atoms with Crippen LogP contribution in [0, 0.1) is 0 Å². The minimum atomic E-state index is -0.487. The van der Waals surface area contributed by atoms with E-state index >= 15 is 0 Å². The average Bonchev–Trinajstić information content (AvgIpc) is 3.54. The quantitative estimate of drug-likeness (QED) is 0.172. The number of nitrogens with zero attached hydrogens (tertiary/aromatic N) is 2. The molecule has 3 heteroatoms. The number of rotatable bonds is 4. The molecule has 1 aromatic heterocycles. The number of para-hydroxylation sites is 3. The van der Waals surface area contributed by atoms with E-state index in [4.69, 9.17) is 14.7 Å². The lowest BCUT2D eigenvalue weighted by Crippen LogP contribution is -2.32. The maximum Gasteiger partial charge on any atom is 0.160 e. The van der Waals surface area contributed by atoms with E-state index in [2.05, 4.69) is 176 Å². The van der Waals surface area contributed by atoms with Crippen LogP contribution in [0.15, 0.2) is 176 Å². The molecule has 1 atom stereocenters. The fraction of sp³-hybridized carbons (Fsp3) is 0.0980. The number of allylic oxidation sites excluding steroid dienone is 2. The summed E-state index contributed by atoms with van der Waals surface area (Å²) in [5, 5.41) is 1.15. The number of aromatic nitrogens is 2. The molecule has 3 aliphatic rings. The molecule has 2 heterocycles. The Morgan fingerprint density at radius 3 is 1.96 bits per heavy atom. The Hall–Kier alpha value is -6.58. The van der Waals surface area contributed by atoms with E-state index in [0.29, 0.717) is 5.92 Å². The van der Waals surface area contributed by atoms with E-state index in [-0.39, 0.29) is 0 Å². The summed E-state index contributed by atoms with van der Waals surface area (Å²) in [4.78, 5) is 10.2. The molecular formula is C51H36N2O. The zero-order valence-electron chi connectivity index (χ0n) is 29.7. The van der Waals surface area contributed by atoms with Gasteiger partial charge in [-0.05, 0) is 76.4 Å². The summed E-state index contributed by atoms with van der Waals surface area (Å²) in [5.74, 6) is 2.91. The lowest BCUT2D eigenvalue weighted by molar-refractivity contribution is 0.438. The van der Waals surface area contributed by atoms with Crippen LogP contribution in [0.1, 0.15) is 53.1 Å². The summed E-state index contributed by atoms with van der Waals surface area (Å²) >= 11 is 0. The molecular weight excluding hydrogens is 657 g/mol. The monoisotopic (exact) mass is 692 g/mol. The Morgan fingerprint density at radius 2 is 1.17 bits per heavy atom. The Kier molecular flexibility index (Phi) is 7.03. The highest BCUT2D eigenvalue weighted by atomic mass is 16.5. The van der Waals surface area contributed by atoms with E-state index in [9.17, 15) is 0 Å². The third-order valence-corrected chi connectivity index (χ3v) is 11.8. The predicted molar refractivity (Wildman–Crippen MR) is 219 cm³/mol. The van der Waals surface area contributed by atoms with Gasteiger partial charge in [0.1, 0.15) is 11.5 Å². The van der Waals surface area contributed by atoms with Crippen LogP contribution in [0.25, 0.3) is 55.7 Å². The zero-order chi connectivity index (χ0) is 35.6. The van der Waals surface area contributed by atoms with Crippen molar-refractivity contribution in [1.82, 2.24) is 9.97 Å². The van der Waals surface area contributed by atoms with Crippen molar-refractivity contribution in [2.75, 3.05) is 0 Å². The summed E-state index contributed by atoms with van der Waals surface area (Å²) in [7, 11) is 0. The highest BCUT2D eigenvalue weighted by Gasteiger charge is 2.51. The number of hydrogen-bond acceptors (Lipinski definition) is 3. The third kappa shape index (κ3) is 4.61. The molecule has 54 heavy (non-hydrogen) atoms. The van der Waals surface area contributed by atoms with Gasteiger partial charge >= 0.3 is 0 Å². The Bertz CT molecular complexity index is 2750. The van der Waals surface area contributed by atoms with Crippen LogP contribution in [0.3, 0.4) is 0 Å². The van der Waals surface area contributed by atoms with Crippen molar-refractivity contribution in [3.63, 3.8) is 0 Å². The summed E-state index contributed by atoms with van der Waals surface area (Å²) in [6.45, 7) is 0. The minimum Gasteiger partial charge on any atom is -0.456 e. The molecule has 0 amide bonds. The fourth-order valence-corrected chi connectivity index (χ4v) is 9.34. The average molecular weight is 693 g/mol. The number of fused-ring (bicyclic) bond motifs is 10. The molecule has 0 saturated carbocycles. The van der Waals surface area contributed by atoms with E-state index in [1.165, 1.54) is 39.8 Å². The van der Waals surface area contributed by atoms with Gasteiger partial charge in [0.25, 0.3) is 0 Å². The second-order valence-corrected chi connectivity index (χ2v) is 14.7. The molecule has 0 bridgehead atoms. The molecule has 1 unspecified atom stereocenters. The topological polar surface area (TPSA) is 35.0 Å². The summed E-state index contributed by atoms with van der Waals surface area (Å²) in [6.07, 6.45) is 8.09.